The molecule has 1 heterocycles. The molecule has 2 nitrogen and oxygen atoms in total. The van der Waals surface area contributed by atoms with Gasteiger partial charge in [-0.05, 0) is 5.56 Å². The maximum absolute atomic E-state index is 3.52. The molecule has 1 saturated heterocycles. The molecular formula is C10H13IN2. The Bertz CT molecular complexity index is 257. The van der Waals surface area contributed by atoms with Crippen LogP contribution in [0.3, 0.4) is 0 Å². The quantitative estimate of drug-likeness (QED) is 0.674. The first-order chi connectivity index (χ1) is 6.34. The highest BCUT2D eigenvalue weighted by Crippen LogP contribution is 2.13. The van der Waals surface area contributed by atoms with Crippen LogP contribution >= 0.6 is 22.9 Å². The zero-order valence-corrected chi connectivity index (χ0v) is 9.57. The van der Waals surface area contributed by atoms with E-state index in [9.17, 15) is 0 Å². The van der Waals surface area contributed by atoms with Gasteiger partial charge in [0, 0.05) is 48.5 Å². The Hall–Kier alpha value is -0.130. The summed E-state index contributed by atoms with van der Waals surface area (Å²) >= 11 is 2.36. The number of hydrogen-bond acceptors (Lipinski definition) is 2. The molecule has 0 amide bonds. The van der Waals surface area contributed by atoms with E-state index in [1.165, 1.54) is 18.7 Å². The van der Waals surface area contributed by atoms with Crippen LogP contribution in [-0.4, -0.2) is 22.2 Å². The monoisotopic (exact) mass is 288 g/mol. The fraction of sp³-hybridized carbons (Fsp3) is 0.400. The third-order valence-corrected chi connectivity index (χ3v) is 3.06. The predicted molar refractivity (Wildman–Crippen MR) is 62.7 cm³/mol. The van der Waals surface area contributed by atoms with E-state index >= 15 is 0 Å². The standard InChI is InChI=1S/C10H13IN2/c11-13-7-10(8-13)12-6-9-4-2-1-3-5-9/h1-5,10,12H,6-8H2. The van der Waals surface area contributed by atoms with Gasteiger partial charge in [-0.3, -0.25) is 0 Å². The van der Waals surface area contributed by atoms with Crippen molar-refractivity contribution >= 4 is 22.9 Å². The van der Waals surface area contributed by atoms with Gasteiger partial charge >= 0.3 is 0 Å². The molecule has 1 aromatic carbocycles. The van der Waals surface area contributed by atoms with Crippen LogP contribution < -0.4 is 5.32 Å². The Morgan fingerprint density at radius 1 is 1.31 bits per heavy atom. The fourth-order valence-corrected chi connectivity index (χ4v) is 2.36. The summed E-state index contributed by atoms with van der Waals surface area (Å²) in [5.74, 6) is 0. The average Bonchev–Trinajstić information content (AvgIpc) is 2.12. The lowest BCUT2D eigenvalue weighted by atomic mass is 10.1. The average molecular weight is 288 g/mol. The summed E-state index contributed by atoms with van der Waals surface area (Å²) in [6.45, 7) is 3.34. The van der Waals surface area contributed by atoms with Crippen molar-refractivity contribution in [3.63, 3.8) is 0 Å². The molecule has 0 radical (unpaired) electrons. The Morgan fingerprint density at radius 2 is 2.00 bits per heavy atom. The number of rotatable bonds is 3. The molecule has 3 heteroatoms. The third-order valence-electron chi connectivity index (χ3n) is 2.27. The lowest BCUT2D eigenvalue weighted by Crippen LogP contribution is -2.53. The minimum Gasteiger partial charge on any atom is -0.307 e. The summed E-state index contributed by atoms with van der Waals surface area (Å²) in [5.41, 5.74) is 1.37. The van der Waals surface area contributed by atoms with Crippen molar-refractivity contribution in [3.05, 3.63) is 35.9 Å². The van der Waals surface area contributed by atoms with Gasteiger partial charge in [-0.1, -0.05) is 30.3 Å². The lowest BCUT2D eigenvalue weighted by Gasteiger charge is -2.34. The van der Waals surface area contributed by atoms with E-state index in [0.29, 0.717) is 6.04 Å². The first kappa shape index (κ1) is 9.43. The van der Waals surface area contributed by atoms with Crippen LogP contribution in [0, 0.1) is 0 Å². The van der Waals surface area contributed by atoms with Crippen molar-refractivity contribution < 1.29 is 0 Å². The lowest BCUT2D eigenvalue weighted by molar-refractivity contribution is 0.268. The molecule has 1 fully saturated rings. The van der Waals surface area contributed by atoms with E-state index in [4.69, 9.17) is 0 Å². The molecule has 0 saturated carbocycles. The molecule has 1 aromatic rings. The van der Waals surface area contributed by atoms with Crippen molar-refractivity contribution in [1.29, 1.82) is 0 Å². The number of benzene rings is 1. The van der Waals surface area contributed by atoms with Crippen LogP contribution in [-0.2, 0) is 6.54 Å². The van der Waals surface area contributed by atoms with Gasteiger partial charge < -0.3 is 5.32 Å². The molecule has 1 N–H and O–H groups in total. The fourth-order valence-electron chi connectivity index (χ4n) is 1.41. The first-order valence-corrected chi connectivity index (χ1v) is 5.49. The first-order valence-electron chi connectivity index (χ1n) is 4.52. The summed E-state index contributed by atoms with van der Waals surface area (Å²) < 4.78 is 2.29. The normalized spacial score (nSPS) is 18.5. The summed E-state index contributed by atoms with van der Waals surface area (Å²) in [4.78, 5) is 0. The maximum Gasteiger partial charge on any atom is 0.0341 e. The molecule has 0 aromatic heterocycles. The van der Waals surface area contributed by atoms with Gasteiger partial charge in [0.05, 0.1) is 0 Å². The molecule has 1 aliphatic rings. The third kappa shape index (κ3) is 2.65. The summed E-state index contributed by atoms with van der Waals surface area (Å²) in [6.07, 6.45) is 0. The molecular weight excluding hydrogens is 275 g/mol. The minimum atomic E-state index is 0.692. The van der Waals surface area contributed by atoms with E-state index in [0.717, 1.165) is 6.54 Å². The van der Waals surface area contributed by atoms with Gasteiger partial charge in [-0.15, -0.1) is 0 Å². The molecule has 1 aliphatic heterocycles. The maximum atomic E-state index is 3.52. The summed E-state index contributed by atoms with van der Waals surface area (Å²) in [5, 5.41) is 3.52. The molecule has 0 atom stereocenters. The van der Waals surface area contributed by atoms with Crippen molar-refractivity contribution in [2.24, 2.45) is 0 Å². The predicted octanol–water partition coefficient (Wildman–Crippen LogP) is 1.81. The van der Waals surface area contributed by atoms with Gasteiger partial charge in [-0.2, -0.15) is 0 Å². The molecule has 13 heavy (non-hydrogen) atoms. The largest absolute Gasteiger partial charge is 0.307 e. The van der Waals surface area contributed by atoms with E-state index in [-0.39, 0.29) is 0 Å². The van der Waals surface area contributed by atoms with Crippen molar-refractivity contribution in [1.82, 2.24) is 8.43 Å². The topological polar surface area (TPSA) is 15.3 Å². The Balaban J connectivity index is 1.74. The van der Waals surface area contributed by atoms with Gasteiger partial charge in [-0.25, -0.2) is 3.11 Å². The van der Waals surface area contributed by atoms with Crippen LogP contribution in [0.5, 0.6) is 0 Å². The highest BCUT2D eigenvalue weighted by molar-refractivity contribution is 14.1. The van der Waals surface area contributed by atoms with E-state index in [1.807, 2.05) is 0 Å². The second-order valence-corrected chi connectivity index (χ2v) is 4.76. The Labute approximate surface area is 92.8 Å². The van der Waals surface area contributed by atoms with Crippen molar-refractivity contribution in [3.8, 4) is 0 Å². The van der Waals surface area contributed by atoms with Crippen molar-refractivity contribution in [2.45, 2.75) is 12.6 Å². The summed E-state index contributed by atoms with van der Waals surface area (Å²) in [7, 11) is 0. The van der Waals surface area contributed by atoms with Crippen LogP contribution in [0.2, 0.25) is 0 Å². The SMILES string of the molecule is IN1CC(NCc2ccccc2)C1. The van der Waals surface area contributed by atoms with Gasteiger partial charge in [0.15, 0.2) is 0 Å². The van der Waals surface area contributed by atoms with E-state index in [2.05, 4.69) is 61.6 Å². The highest BCUT2D eigenvalue weighted by atomic mass is 127. The van der Waals surface area contributed by atoms with Crippen LogP contribution in [0.4, 0.5) is 0 Å². The van der Waals surface area contributed by atoms with Crippen LogP contribution in [0.25, 0.3) is 0 Å². The summed E-state index contributed by atoms with van der Waals surface area (Å²) in [6, 6.07) is 11.2. The molecule has 0 spiro atoms. The van der Waals surface area contributed by atoms with Crippen LogP contribution in [0.15, 0.2) is 30.3 Å². The molecule has 0 bridgehead atoms. The Morgan fingerprint density at radius 3 is 2.62 bits per heavy atom. The second-order valence-electron chi connectivity index (χ2n) is 3.39. The highest BCUT2D eigenvalue weighted by Gasteiger charge is 2.23. The van der Waals surface area contributed by atoms with Crippen molar-refractivity contribution in [2.75, 3.05) is 13.1 Å². The van der Waals surface area contributed by atoms with Crippen LogP contribution in [0.1, 0.15) is 5.56 Å². The number of hydrogen-bond donors (Lipinski definition) is 1. The Kier molecular flexibility index (Phi) is 3.18. The smallest absolute Gasteiger partial charge is 0.0341 e. The van der Waals surface area contributed by atoms with E-state index in [1.54, 1.807) is 0 Å². The van der Waals surface area contributed by atoms with Gasteiger partial charge in [0.25, 0.3) is 0 Å². The number of nitrogens with zero attached hydrogens (tertiary/aromatic N) is 1. The zero-order valence-electron chi connectivity index (χ0n) is 7.41. The molecule has 2 rings (SSSR count). The van der Waals surface area contributed by atoms with Gasteiger partial charge in [0.1, 0.15) is 0 Å². The number of nitrogens with one attached hydrogen (secondary N) is 1. The zero-order chi connectivity index (χ0) is 9.10. The molecule has 0 aliphatic carbocycles. The molecule has 70 valence electrons. The minimum absolute atomic E-state index is 0.692. The second kappa shape index (κ2) is 4.39. The van der Waals surface area contributed by atoms with E-state index < -0.39 is 0 Å². The number of halogens is 1. The van der Waals surface area contributed by atoms with Gasteiger partial charge in [0.2, 0.25) is 0 Å². The molecule has 0 unspecified atom stereocenters.